The molecule has 0 N–H and O–H groups in total. The summed E-state index contributed by atoms with van der Waals surface area (Å²) in [5.74, 6) is -1.62. The quantitative estimate of drug-likeness (QED) is 0.593. The molecule has 4 nitrogen and oxygen atoms in total. The molecule has 1 heterocycles. The van der Waals surface area contributed by atoms with Gasteiger partial charge in [-0.2, -0.15) is 13.2 Å². The molecule has 0 bridgehead atoms. The number of ether oxygens (including phenoxy) is 1. The summed E-state index contributed by atoms with van der Waals surface area (Å²) in [6.07, 6.45) is -4.73. The molecule has 0 atom stereocenters. The van der Waals surface area contributed by atoms with Crippen molar-refractivity contribution in [2.75, 3.05) is 7.11 Å². The first-order valence-electron chi connectivity index (χ1n) is 4.44. The van der Waals surface area contributed by atoms with E-state index >= 15 is 0 Å². The lowest BCUT2D eigenvalue weighted by molar-refractivity contribution is -0.141. The molecule has 1 aromatic rings. The van der Waals surface area contributed by atoms with Crippen LogP contribution in [0.5, 0.6) is 0 Å². The molecule has 0 fully saturated rings. The van der Waals surface area contributed by atoms with Gasteiger partial charge in [-0.25, -0.2) is 9.78 Å². The van der Waals surface area contributed by atoms with Crippen LogP contribution in [-0.2, 0) is 10.9 Å². The number of ketones is 1. The Balaban J connectivity index is 3.39. The number of hydrogen-bond donors (Lipinski definition) is 0. The molecule has 1 aromatic heterocycles. The van der Waals surface area contributed by atoms with Crippen molar-refractivity contribution in [3.05, 3.63) is 29.1 Å². The van der Waals surface area contributed by atoms with E-state index in [9.17, 15) is 22.8 Å². The second kappa shape index (κ2) is 4.52. The van der Waals surface area contributed by atoms with Gasteiger partial charge in [-0.15, -0.1) is 0 Å². The zero-order valence-corrected chi connectivity index (χ0v) is 8.96. The van der Waals surface area contributed by atoms with Crippen LogP contribution in [0.2, 0.25) is 0 Å². The Kier molecular flexibility index (Phi) is 3.50. The average Bonchev–Trinajstić information content (AvgIpc) is 2.26. The van der Waals surface area contributed by atoms with Crippen LogP contribution in [0.25, 0.3) is 0 Å². The number of halogens is 3. The van der Waals surface area contributed by atoms with Crippen LogP contribution in [0.15, 0.2) is 12.1 Å². The van der Waals surface area contributed by atoms with E-state index in [0.717, 1.165) is 20.1 Å². The van der Waals surface area contributed by atoms with E-state index in [1.165, 1.54) is 0 Å². The Morgan fingerprint density at radius 1 is 1.29 bits per heavy atom. The van der Waals surface area contributed by atoms with Crippen molar-refractivity contribution in [1.82, 2.24) is 4.98 Å². The van der Waals surface area contributed by atoms with Crippen molar-refractivity contribution in [3.63, 3.8) is 0 Å². The van der Waals surface area contributed by atoms with Crippen LogP contribution < -0.4 is 0 Å². The molecule has 0 aliphatic rings. The highest BCUT2D eigenvalue weighted by molar-refractivity contribution is 5.96. The fraction of sp³-hybridized carbons (Fsp3) is 0.300. The minimum atomic E-state index is -4.73. The zero-order valence-electron chi connectivity index (χ0n) is 8.96. The van der Waals surface area contributed by atoms with Gasteiger partial charge in [0, 0.05) is 6.92 Å². The van der Waals surface area contributed by atoms with E-state index in [4.69, 9.17) is 0 Å². The Hall–Kier alpha value is -1.92. The predicted molar refractivity (Wildman–Crippen MR) is 50.6 cm³/mol. The number of carbonyl (C=O) groups is 2. The smallest absolute Gasteiger partial charge is 0.433 e. The number of hydrogen-bond acceptors (Lipinski definition) is 4. The lowest BCUT2D eigenvalue weighted by Gasteiger charge is -2.08. The third-order valence-corrected chi connectivity index (χ3v) is 1.90. The molecule has 7 heteroatoms. The highest BCUT2D eigenvalue weighted by atomic mass is 19.4. The summed E-state index contributed by atoms with van der Waals surface area (Å²) < 4.78 is 41.7. The molecule has 0 amide bonds. The van der Waals surface area contributed by atoms with Gasteiger partial charge in [-0.05, 0) is 12.1 Å². The number of carbonyl (C=O) groups excluding carboxylic acids is 2. The highest BCUT2D eigenvalue weighted by Gasteiger charge is 2.34. The van der Waals surface area contributed by atoms with Crippen molar-refractivity contribution in [3.8, 4) is 0 Å². The maximum atomic E-state index is 12.5. The number of Topliss-reactive ketones (excluding diaryl/α,β-unsaturated/α-hetero) is 1. The fourth-order valence-corrected chi connectivity index (χ4v) is 1.09. The fourth-order valence-electron chi connectivity index (χ4n) is 1.09. The van der Waals surface area contributed by atoms with Gasteiger partial charge in [0.05, 0.1) is 12.7 Å². The molecule has 17 heavy (non-hydrogen) atoms. The lowest BCUT2D eigenvalue weighted by Crippen LogP contribution is -2.14. The first-order chi connectivity index (χ1) is 7.75. The molecule has 0 unspecified atom stereocenters. The summed E-state index contributed by atoms with van der Waals surface area (Å²) in [4.78, 5) is 25.3. The number of methoxy groups -OCH3 is 1. The minimum Gasteiger partial charge on any atom is -0.465 e. The first-order valence-corrected chi connectivity index (χ1v) is 4.44. The predicted octanol–water partition coefficient (Wildman–Crippen LogP) is 2.09. The maximum Gasteiger partial charge on any atom is 0.433 e. The SMILES string of the molecule is COC(=O)c1cc(C(C)=O)nc(C(F)(F)F)c1. The molecule has 0 aliphatic heterocycles. The van der Waals surface area contributed by atoms with Crippen LogP contribution in [0.4, 0.5) is 13.2 Å². The Morgan fingerprint density at radius 2 is 1.88 bits per heavy atom. The van der Waals surface area contributed by atoms with E-state index in [1.807, 2.05) is 0 Å². The van der Waals surface area contributed by atoms with Crippen molar-refractivity contribution < 1.29 is 27.5 Å². The monoisotopic (exact) mass is 247 g/mol. The van der Waals surface area contributed by atoms with Crippen LogP contribution in [0.1, 0.15) is 33.5 Å². The van der Waals surface area contributed by atoms with Gasteiger partial charge in [-0.3, -0.25) is 4.79 Å². The van der Waals surface area contributed by atoms with Gasteiger partial charge >= 0.3 is 12.1 Å². The number of aromatic nitrogens is 1. The van der Waals surface area contributed by atoms with Crippen molar-refractivity contribution in [2.45, 2.75) is 13.1 Å². The molecular weight excluding hydrogens is 239 g/mol. The van der Waals surface area contributed by atoms with E-state index < -0.39 is 29.3 Å². The van der Waals surface area contributed by atoms with Crippen molar-refractivity contribution >= 4 is 11.8 Å². The Morgan fingerprint density at radius 3 is 2.29 bits per heavy atom. The summed E-state index contributed by atoms with van der Waals surface area (Å²) in [5, 5.41) is 0. The Labute approximate surface area is 94.4 Å². The van der Waals surface area contributed by atoms with Crippen LogP contribution in [0, 0.1) is 0 Å². The second-order valence-corrected chi connectivity index (χ2v) is 3.17. The van der Waals surface area contributed by atoms with Crippen molar-refractivity contribution in [2.24, 2.45) is 0 Å². The lowest BCUT2D eigenvalue weighted by atomic mass is 10.1. The number of alkyl halides is 3. The van der Waals surface area contributed by atoms with E-state index in [1.54, 1.807) is 0 Å². The van der Waals surface area contributed by atoms with Gasteiger partial charge in [0.15, 0.2) is 5.78 Å². The second-order valence-electron chi connectivity index (χ2n) is 3.17. The van der Waals surface area contributed by atoms with Gasteiger partial charge < -0.3 is 4.74 Å². The van der Waals surface area contributed by atoms with E-state index in [-0.39, 0.29) is 5.56 Å². The average molecular weight is 247 g/mol. The van der Waals surface area contributed by atoms with Crippen molar-refractivity contribution in [1.29, 1.82) is 0 Å². The summed E-state index contributed by atoms with van der Waals surface area (Å²) in [6, 6.07) is 1.50. The molecule has 0 spiro atoms. The van der Waals surface area contributed by atoms with Gasteiger partial charge in [0.2, 0.25) is 0 Å². The largest absolute Gasteiger partial charge is 0.465 e. The highest BCUT2D eigenvalue weighted by Crippen LogP contribution is 2.28. The maximum absolute atomic E-state index is 12.5. The van der Waals surface area contributed by atoms with Gasteiger partial charge in [0.1, 0.15) is 11.4 Å². The third-order valence-electron chi connectivity index (χ3n) is 1.90. The Bertz CT molecular complexity index is 468. The summed E-state index contributed by atoms with van der Waals surface area (Å²) in [5.41, 5.74) is -2.09. The standard InChI is InChI=1S/C10H8F3NO3/c1-5(15)7-3-6(9(16)17-2)4-8(14-7)10(11,12)13/h3-4H,1-2H3. The molecule has 1 rings (SSSR count). The third kappa shape index (κ3) is 3.02. The zero-order chi connectivity index (χ0) is 13.2. The molecule has 0 radical (unpaired) electrons. The van der Waals surface area contributed by atoms with Crippen LogP contribution in [-0.4, -0.2) is 23.8 Å². The molecular formula is C10H8F3NO3. The van der Waals surface area contributed by atoms with Gasteiger partial charge in [-0.1, -0.05) is 0 Å². The number of esters is 1. The number of nitrogens with zero attached hydrogens (tertiary/aromatic N) is 1. The summed E-state index contributed by atoms with van der Waals surface area (Å²) in [6.45, 7) is 1.06. The van der Waals surface area contributed by atoms with Crippen LogP contribution in [0.3, 0.4) is 0 Å². The molecule has 0 saturated heterocycles. The molecule has 0 aliphatic carbocycles. The summed E-state index contributed by atoms with van der Waals surface area (Å²) >= 11 is 0. The number of rotatable bonds is 2. The first kappa shape index (κ1) is 13.1. The number of pyridine rings is 1. The topological polar surface area (TPSA) is 56.3 Å². The molecule has 0 saturated carbocycles. The molecule has 92 valence electrons. The van der Waals surface area contributed by atoms with E-state index in [2.05, 4.69) is 9.72 Å². The minimum absolute atomic E-state index is 0.361. The van der Waals surface area contributed by atoms with Crippen LogP contribution >= 0.6 is 0 Å². The van der Waals surface area contributed by atoms with E-state index in [0.29, 0.717) is 6.07 Å². The molecule has 0 aromatic carbocycles. The van der Waals surface area contributed by atoms with Gasteiger partial charge in [0.25, 0.3) is 0 Å². The normalized spacial score (nSPS) is 11.1. The summed E-state index contributed by atoms with van der Waals surface area (Å²) in [7, 11) is 1.03.